The van der Waals surface area contributed by atoms with Gasteiger partial charge in [-0.3, -0.25) is 9.69 Å². The topological polar surface area (TPSA) is 44.8 Å². The standard InChI is InChI=1S/C16H29N3O2/c1-21-14-6-11-18(12-7-14)16(20)15-3-2-10-19(15)13-4-8-17-9-5-13/h13-15,17H,2-12H2,1H3/t15-/m0/s1. The van der Waals surface area contributed by atoms with Crippen LogP contribution in [0.25, 0.3) is 0 Å². The van der Waals surface area contributed by atoms with Crippen LogP contribution in [0.3, 0.4) is 0 Å². The minimum atomic E-state index is 0.146. The molecule has 0 radical (unpaired) electrons. The number of likely N-dealkylation sites (tertiary alicyclic amines) is 2. The van der Waals surface area contributed by atoms with E-state index in [0.717, 1.165) is 52.0 Å². The van der Waals surface area contributed by atoms with Crippen LogP contribution in [-0.4, -0.2) is 73.7 Å². The highest BCUT2D eigenvalue weighted by atomic mass is 16.5. The van der Waals surface area contributed by atoms with E-state index < -0.39 is 0 Å². The summed E-state index contributed by atoms with van der Waals surface area (Å²) in [6.07, 6.45) is 6.93. The quantitative estimate of drug-likeness (QED) is 0.838. The largest absolute Gasteiger partial charge is 0.381 e. The van der Waals surface area contributed by atoms with Gasteiger partial charge in [0.05, 0.1) is 12.1 Å². The van der Waals surface area contributed by atoms with E-state index >= 15 is 0 Å². The average molecular weight is 295 g/mol. The zero-order valence-electron chi connectivity index (χ0n) is 13.2. The van der Waals surface area contributed by atoms with Crippen LogP contribution in [-0.2, 0) is 9.53 Å². The lowest BCUT2D eigenvalue weighted by Crippen LogP contribution is -2.53. The van der Waals surface area contributed by atoms with Gasteiger partial charge in [-0.25, -0.2) is 0 Å². The fraction of sp³-hybridized carbons (Fsp3) is 0.938. The first-order valence-corrected chi connectivity index (χ1v) is 8.57. The van der Waals surface area contributed by atoms with Crippen LogP contribution in [0.5, 0.6) is 0 Å². The molecule has 5 nitrogen and oxygen atoms in total. The van der Waals surface area contributed by atoms with E-state index in [9.17, 15) is 4.79 Å². The van der Waals surface area contributed by atoms with Crippen molar-refractivity contribution in [3.05, 3.63) is 0 Å². The molecule has 5 heteroatoms. The molecule has 3 heterocycles. The van der Waals surface area contributed by atoms with Crippen molar-refractivity contribution in [1.29, 1.82) is 0 Å². The fourth-order valence-electron chi connectivity index (χ4n) is 4.15. The van der Waals surface area contributed by atoms with Gasteiger partial charge in [0, 0.05) is 26.2 Å². The summed E-state index contributed by atoms with van der Waals surface area (Å²) in [5, 5.41) is 3.42. The molecule has 3 saturated heterocycles. The van der Waals surface area contributed by atoms with Gasteiger partial charge in [-0.15, -0.1) is 0 Å². The van der Waals surface area contributed by atoms with Gasteiger partial charge >= 0.3 is 0 Å². The lowest BCUT2D eigenvalue weighted by atomic mass is 10.0. The third-order valence-electron chi connectivity index (χ3n) is 5.44. The van der Waals surface area contributed by atoms with Crippen LogP contribution in [0.1, 0.15) is 38.5 Å². The van der Waals surface area contributed by atoms with Crippen LogP contribution >= 0.6 is 0 Å². The zero-order valence-corrected chi connectivity index (χ0v) is 13.2. The minimum absolute atomic E-state index is 0.146. The van der Waals surface area contributed by atoms with Crippen molar-refractivity contribution in [2.24, 2.45) is 0 Å². The molecule has 0 aromatic rings. The number of rotatable bonds is 3. The van der Waals surface area contributed by atoms with Crippen molar-refractivity contribution in [3.8, 4) is 0 Å². The summed E-state index contributed by atoms with van der Waals surface area (Å²) in [6.45, 7) is 5.04. The number of nitrogens with one attached hydrogen (secondary N) is 1. The highest BCUT2D eigenvalue weighted by molar-refractivity contribution is 5.82. The summed E-state index contributed by atoms with van der Waals surface area (Å²) in [6, 6.07) is 0.756. The predicted molar refractivity (Wildman–Crippen MR) is 82.2 cm³/mol. The van der Waals surface area contributed by atoms with E-state index in [0.29, 0.717) is 18.1 Å². The first-order valence-electron chi connectivity index (χ1n) is 8.57. The first kappa shape index (κ1) is 15.3. The Morgan fingerprint density at radius 3 is 2.43 bits per heavy atom. The van der Waals surface area contributed by atoms with Gasteiger partial charge in [0.25, 0.3) is 0 Å². The maximum atomic E-state index is 12.9. The number of hydrogen-bond acceptors (Lipinski definition) is 4. The van der Waals surface area contributed by atoms with Gasteiger partial charge in [0.2, 0.25) is 5.91 Å². The minimum Gasteiger partial charge on any atom is -0.381 e. The number of amides is 1. The molecule has 3 fully saturated rings. The third-order valence-corrected chi connectivity index (χ3v) is 5.44. The Kier molecular flexibility index (Phi) is 5.14. The summed E-state index contributed by atoms with van der Waals surface area (Å²) in [4.78, 5) is 17.5. The lowest BCUT2D eigenvalue weighted by molar-refractivity contribution is -0.139. The molecule has 120 valence electrons. The van der Waals surface area contributed by atoms with Crippen molar-refractivity contribution < 1.29 is 9.53 Å². The highest BCUT2D eigenvalue weighted by Crippen LogP contribution is 2.27. The lowest BCUT2D eigenvalue weighted by Gasteiger charge is -2.39. The molecule has 0 bridgehead atoms. The number of piperidine rings is 2. The molecule has 1 amide bonds. The Hall–Kier alpha value is -0.650. The van der Waals surface area contributed by atoms with Gasteiger partial charge in [-0.2, -0.15) is 0 Å². The third kappa shape index (κ3) is 3.41. The second-order valence-corrected chi connectivity index (χ2v) is 6.64. The maximum Gasteiger partial charge on any atom is 0.239 e. The van der Waals surface area contributed by atoms with Gasteiger partial charge in [0.1, 0.15) is 0 Å². The molecule has 0 aliphatic carbocycles. The second-order valence-electron chi connectivity index (χ2n) is 6.64. The molecule has 0 spiro atoms. The average Bonchev–Trinajstić information content (AvgIpc) is 3.04. The number of nitrogens with zero attached hydrogens (tertiary/aromatic N) is 2. The van der Waals surface area contributed by atoms with Crippen LogP contribution in [0.4, 0.5) is 0 Å². The van der Waals surface area contributed by atoms with Crippen LogP contribution in [0.2, 0.25) is 0 Å². The molecule has 0 saturated carbocycles. The fourth-order valence-corrected chi connectivity index (χ4v) is 4.15. The number of carbonyl (C=O) groups excluding carboxylic acids is 1. The SMILES string of the molecule is COC1CCN(C(=O)[C@@H]2CCCN2C2CCNCC2)CC1. The van der Waals surface area contributed by atoms with E-state index in [-0.39, 0.29) is 6.04 Å². The smallest absolute Gasteiger partial charge is 0.239 e. The summed E-state index contributed by atoms with van der Waals surface area (Å²) in [5.74, 6) is 0.376. The monoisotopic (exact) mass is 295 g/mol. The van der Waals surface area contributed by atoms with Gasteiger partial charge < -0.3 is 15.0 Å². The molecule has 0 aromatic carbocycles. The predicted octanol–water partition coefficient (Wildman–Crippen LogP) is 0.840. The zero-order chi connectivity index (χ0) is 14.7. The van der Waals surface area contributed by atoms with E-state index in [4.69, 9.17) is 4.74 Å². The normalized spacial score (nSPS) is 30.0. The number of hydrogen-bond donors (Lipinski definition) is 1. The summed E-state index contributed by atoms with van der Waals surface area (Å²) in [7, 11) is 1.78. The van der Waals surface area contributed by atoms with E-state index in [1.807, 2.05) is 0 Å². The Morgan fingerprint density at radius 2 is 1.76 bits per heavy atom. The molecule has 3 aliphatic rings. The molecule has 21 heavy (non-hydrogen) atoms. The van der Waals surface area contributed by atoms with Crippen LogP contribution in [0, 0.1) is 0 Å². The first-order chi connectivity index (χ1) is 10.3. The summed E-state index contributed by atoms with van der Waals surface area (Å²) < 4.78 is 5.41. The molecule has 1 atom stereocenters. The van der Waals surface area contributed by atoms with E-state index in [1.165, 1.54) is 19.3 Å². The summed E-state index contributed by atoms with van der Waals surface area (Å²) >= 11 is 0. The molecule has 3 rings (SSSR count). The van der Waals surface area contributed by atoms with Crippen molar-refractivity contribution in [1.82, 2.24) is 15.1 Å². The van der Waals surface area contributed by atoms with Crippen molar-refractivity contribution in [2.75, 3.05) is 39.8 Å². The van der Waals surface area contributed by atoms with Crippen LogP contribution < -0.4 is 5.32 Å². The Bertz CT molecular complexity index is 349. The Labute approximate surface area is 128 Å². The molecule has 3 aliphatic heterocycles. The van der Waals surface area contributed by atoms with Gasteiger partial charge in [-0.1, -0.05) is 0 Å². The van der Waals surface area contributed by atoms with Crippen molar-refractivity contribution >= 4 is 5.91 Å². The second kappa shape index (κ2) is 7.07. The van der Waals surface area contributed by atoms with E-state index in [2.05, 4.69) is 15.1 Å². The molecular formula is C16H29N3O2. The Balaban J connectivity index is 1.58. The number of ether oxygens (including phenoxy) is 1. The highest BCUT2D eigenvalue weighted by Gasteiger charge is 2.38. The van der Waals surface area contributed by atoms with Crippen molar-refractivity contribution in [3.63, 3.8) is 0 Å². The molecule has 1 N–H and O–H groups in total. The van der Waals surface area contributed by atoms with Gasteiger partial charge in [-0.05, 0) is 58.2 Å². The van der Waals surface area contributed by atoms with Crippen LogP contribution in [0.15, 0.2) is 0 Å². The molecule has 0 aromatic heterocycles. The Morgan fingerprint density at radius 1 is 1.05 bits per heavy atom. The van der Waals surface area contributed by atoms with Crippen molar-refractivity contribution in [2.45, 2.75) is 56.7 Å². The van der Waals surface area contributed by atoms with E-state index in [1.54, 1.807) is 7.11 Å². The number of methoxy groups -OCH3 is 1. The number of carbonyl (C=O) groups is 1. The summed E-state index contributed by atoms with van der Waals surface area (Å²) in [5.41, 5.74) is 0. The van der Waals surface area contributed by atoms with Gasteiger partial charge in [0.15, 0.2) is 0 Å². The molecule has 0 unspecified atom stereocenters. The maximum absolute atomic E-state index is 12.9. The molecular weight excluding hydrogens is 266 g/mol.